The fourth-order valence-corrected chi connectivity index (χ4v) is 2.98. The van der Waals surface area contributed by atoms with E-state index in [9.17, 15) is 8.42 Å². The summed E-state index contributed by atoms with van der Waals surface area (Å²) >= 11 is 0. The Bertz CT molecular complexity index is 535. The Morgan fingerprint density at radius 1 is 1.26 bits per heavy atom. The zero-order valence-electron chi connectivity index (χ0n) is 11.3. The van der Waals surface area contributed by atoms with Gasteiger partial charge in [0.25, 0.3) is 10.2 Å². The minimum Gasteiger partial charge on any atom is -0.386 e. The van der Waals surface area contributed by atoms with Gasteiger partial charge in [0.1, 0.15) is 11.9 Å². The minimum atomic E-state index is -3.75. The third kappa shape index (κ3) is 5.37. The molecule has 1 unspecified atom stereocenters. The summed E-state index contributed by atoms with van der Waals surface area (Å²) in [5.41, 5.74) is 5.48. The number of hydrogen-bond donors (Lipinski definition) is 4. The zero-order valence-corrected chi connectivity index (χ0v) is 12.1. The number of rotatable bonds is 5. The first kappa shape index (κ1) is 15.6. The van der Waals surface area contributed by atoms with Crippen molar-refractivity contribution in [3.8, 4) is 0 Å². The predicted octanol–water partition coefficient (Wildman–Crippen LogP) is 0.886. The van der Waals surface area contributed by atoms with E-state index < -0.39 is 21.8 Å². The van der Waals surface area contributed by atoms with Gasteiger partial charge < -0.3 is 5.73 Å². The first-order valence-electron chi connectivity index (χ1n) is 5.81. The number of amidine groups is 1. The highest BCUT2D eigenvalue weighted by Gasteiger charge is 2.25. The van der Waals surface area contributed by atoms with E-state index in [1.807, 2.05) is 6.07 Å². The zero-order chi connectivity index (χ0) is 14.7. The summed E-state index contributed by atoms with van der Waals surface area (Å²) in [6.07, 6.45) is 0. The molecule has 0 bridgehead atoms. The van der Waals surface area contributed by atoms with Crippen LogP contribution in [0.1, 0.15) is 32.4 Å². The van der Waals surface area contributed by atoms with Crippen molar-refractivity contribution in [1.82, 2.24) is 9.44 Å². The van der Waals surface area contributed by atoms with E-state index in [1.54, 1.807) is 45.0 Å². The average molecular weight is 284 g/mol. The second-order valence-corrected chi connectivity index (χ2v) is 6.72. The monoisotopic (exact) mass is 284 g/mol. The van der Waals surface area contributed by atoms with Crippen molar-refractivity contribution < 1.29 is 8.42 Å². The van der Waals surface area contributed by atoms with Crippen LogP contribution in [-0.2, 0) is 10.2 Å². The molecule has 0 aliphatic carbocycles. The molecule has 0 aliphatic heterocycles. The lowest BCUT2D eigenvalue weighted by atomic mass is 10.1. The third-order valence-corrected chi connectivity index (χ3v) is 3.58. The Labute approximate surface area is 114 Å². The Balaban J connectivity index is 2.96. The fourth-order valence-electron chi connectivity index (χ4n) is 1.54. The molecule has 1 aromatic carbocycles. The largest absolute Gasteiger partial charge is 0.386 e. The van der Waals surface area contributed by atoms with Crippen LogP contribution in [-0.4, -0.2) is 19.8 Å². The lowest BCUT2D eigenvalue weighted by molar-refractivity contribution is 0.481. The van der Waals surface area contributed by atoms with Gasteiger partial charge in [0.05, 0.1) is 0 Å². The molecule has 0 spiro atoms. The molecule has 0 saturated carbocycles. The first-order valence-corrected chi connectivity index (χ1v) is 7.29. The van der Waals surface area contributed by atoms with E-state index in [-0.39, 0.29) is 5.84 Å². The molecule has 0 saturated heterocycles. The number of nitrogens with one attached hydrogen (secondary N) is 3. The summed E-state index contributed by atoms with van der Waals surface area (Å²) < 4.78 is 28.8. The molecule has 0 heterocycles. The van der Waals surface area contributed by atoms with E-state index in [0.29, 0.717) is 5.56 Å². The molecule has 6 nitrogen and oxygen atoms in total. The van der Waals surface area contributed by atoms with E-state index >= 15 is 0 Å². The molecule has 0 amide bonds. The van der Waals surface area contributed by atoms with Crippen LogP contribution >= 0.6 is 0 Å². The second-order valence-electron chi connectivity index (χ2n) is 5.27. The lowest BCUT2D eigenvalue weighted by Crippen LogP contribution is -2.49. The predicted molar refractivity (Wildman–Crippen MR) is 76.0 cm³/mol. The molecule has 1 atom stereocenters. The molecular weight excluding hydrogens is 264 g/mol. The fraction of sp³-hybridized carbons (Fsp3) is 0.417. The molecule has 5 N–H and O–H groups in total. The molecule has 7 heteroatoms. The van der Waals surface area contributed by atoms with Gasteiger partial charge in [0.15, 0.2) is 0 Å². The summed E-state index contributed by atoms with van der Waals surface area (Å²) in [5.74, 6) is -0.259. The van der Waals surface area contributed by atoms with Crippen LogP contribution in [0.15, 0.2) is 30.3 Å². The maximum absolute atomic E-state index is 12.0. The summed E-state index contributed by atoms with van der Waals surface area (Å²) in [4.78, 5) is 0. The van der Waals surface area contributed by atoms with Crippen LogP contribution in [0.2, 0.25) is 0 Å². The van der Waals surface area contributed by atoms with Crippen molar-refractivity contribution in [3.63, 3.8) is 0 Å². The van der Waals surface area contributed by atoms with Gasteiger partial charge in [-0.3, -0.25) is 5.41 Å². The van der Waals surface area contributed by atoms with E-state index in [4.69, 9.17) is 11.1 Å². The molecule has 0 fully saturated rings. The lowest BCUT2D eigenvalue weighted by Gasteiger charge is -2.24. The highest BCUT2D eigenvalue weighted by atomic mass is 32.2. The molecular formula is C12H20N4O2S. The normalized spacial score (nSPS) is 14.1. The van der Waals surface area contributed by atoms with Gasteiger partial charge in [-0.05, 0) is 26.3 Å². The number of nitrogens with two attached hydrogens (primary N) is 1. The average Bonchev–Trinajstić information content (AvgIpc) is 2.23. The molecule has 1 rings (SSSR count). The highest BCUT2D eigenvalue weighted by Crippen LogP contribution is 2.13. The Kier molecular flexibility index (Phi) is 4.67. The van der Waals surface area contributed by atoms with Crippen molar-refractivity contribution in [1.29, 1.82) is 5.41 Å². The van der Waals surface area contributed by atoms with Crippen LogP contribution in [0, 0.1) is 5.41 Å². The SMILES string of the molecule is CC(C)(C)NS(=O)(=O)NC(C(=N)N)c1ccccc1. The van der Waals surface area contributed by atoms with E-state index in [1.165, 1.54) is 0 Å². The topological polar surface area (TPSA) is 108 Å². The van der Waals surface area contributed by atoms with Crippen LogP contribution < -0.4 is 15.2 Å². The molecule has 0 radical (unpaired) electrons. The minimum absolute atomic E-state index is 0.259. The third-order valence-electron chi connectivity index (χ3n) is 2.16. The van der Waals surface area contributed by atoms with Crippen LogP contribution in [0.4, 0.5) is 0 Å². The van der Waals surface area contributed by atoms with Crippen molar-refractivity contribution in [3.05, 3.63) is 35.9 Å². The quantitative estimate of drug-likeness (QED) is 0.476. The first-order chi connectivity index (χ1) is 8.61. The summed E-state index contributed by atoms with van der Waals surface area (Å²) in [6.45, 7) is 5.20. The Hall–Kier alpha value is -1.44. The summed E-state index contributed by atoms with van der Waals surface area (Å²) in [7, 11) is -3.75. The molecule has 106 valence electrons. The van der Waals surface area contributed by atoms with Crippen molar-refractivity contribution >= 4 is 16.0 Å². The van der Waals surface area contributed by atoms with Crippen LogP contribution in [0.25, 0.3) is 0 Å². The van der Waals surface area contributed by atoms with Gasteiger partial charge >= 0.3 is 0 Å². The number of hydrogen-bond acceptors (Lipinski definition) is 3. The van der Waals surface area contributed by atoms with Gasteiger partial charge in [-0.15, -0.1) is 0 Å². The maximum Gasteiger partial charge on any atom is 0.278 e. The van der Waals surface area contributed by atoms with E-state index in [2.05, 4.69) is 9.44 Å². The summed E-state index contributed by atoms with van der Waals surface area (Å²) in [6, 6.07) is 7.88. The Morgan fingerprint density at radius 2 is 1.79 bits per heavy atom. The van der Waals surface area contributed by atoms with Crippen molar-refractivity contribution in [2.75, 3.05) is 0 Å². The molecule has 1 aromatic rings. The van der Waals surface area contributed by atoms with Gasteiger partial charge in [-0.1, -0.05) is 30.3 Å². The van der Waals surface area contributed by atoms with Crippen LogP contribution in [0.5, 0.6) is 0 Å². The molecule has 19 heavy (non-hydrogen) atoms. The second kappa shape index (κ2) is 5.68. The van der Waals surface area contributed by atoms with Crippen molar-refractivity contribution in [2.45, 2.75) is 32.4 Å². The summed E-state index contributed by atoms with van der Waals surface area (Å²) in [5, 5.41) is 7.52. The van der Waals surface area contributed by atoms with Crippen LogP contribution in [0.3, 0.4) is 0 Å². The smallest absolute Gasteiger partial charge is 0.278 e. The standard InChI is InChI=1S/C12H20N4O2S/c1-12(2,3)16-19(17,18)15-10(11(13)14)9-7-5-4-6-8-9/h4-8,10,15-16H,1-3H3,(H3,13,14). The highest BCUT2D eigenvalue weighted by molar-refractivity contribution is 7.87. The maximum atomic E-state index is 12.0. The van der Waals surface area contributed by atoms with Crippen molar-refractivity contribution in [2.24, 2.45) is 5.73 Å². The van der Waals surface area contributed by atoms with Gasteiger partial charge in [0, 0.05) is 5.54 Å². The molecule has 0 aromatic heterocycles. The number of benzene rings is 1. The van der Waals surface area contributed by atoms with E-state index in [0.717, 1.165) is 0 Å². The van der Waals surface area contributed by atoms with Gasteiger partial charge in [-0.25, -0.2) is 0 Å². The van der Waals surface area contributed by atoms with Gasteiger partial charge in [0.2, 0.25) is 0 Å². The van der Waals surface area contributed by atoms with Gasteiger partial charge in [-0.2, -0.15) is 17.9 Å². The molecule has 0 aliphatic rings. The Morgan fingerprint density at radius 3 is 2.21 bits per heavy atom.